The Morgan fingerprint density at radius 1 is 1.37 bits per heavy atom. The van der Waals surface area contributed by atoms with Crippen molar-refractivity contribution in [3.8, 4) is 0 Å². The number of nitrogens with zero attached hydrogens (tertiary/aromatic N) is 1. The molecule has 0 radical (unpaired) electrons. The van der Waals surface area contributed by atoms with Gasteiger partial charge in [0.25, 0.3) is 0 Å². The van der Waals surface area contributed by atoms with Crippen LogP contribution in [0, 0.1) is 17.6 Å². The number of sulfonamides is 1. The minimum absolute atomic E-state index is 0.0922. The number of benzene rings is 1. The van der Waals surface area contributed by atoms with Crippen LogP contribution in [0.5, 0.6) is 0 Å². The Labute approximate surface area is 119 Å². The van der Waals surface area contributed by atoms with Crippen molar-refractivity contribution >= 4 is 26.0 Å². The molecule has 106 valence electrons. The van der Waals surface area contributed by atoms with Crippen LogP contribution in [-0.4, -0.2) is 26.3 Å². The molecule has 1 aromatic carbocycles. The van der Waals surface area contributed by atoms with Gasteiger partial charge in [0.15, 0.2) is 0 Å². The summed E-state index contributed by atoms with van der Waals surface area (Å²) >= 11 is 2.91. The first kappa shape index (κ1) is 14.9. The number of hydrogen-bond acceptors (Lipinski definition) is 2. The zero-order valence-corrected chi connectivity index (χ0v) is 12.8. The van der Waals surface area contributed by atoms with Crippen molar-refractivity contribution in [3.63, 3.8) is 0 Å². The molecule has 0 amide bonds. The van der Waals surface area contributed by atoms with Crippen molar-refractivity contribution in [1.82, 2.24) is 4.31 Å². The molecular weight excluding hydrogens is 340 g/mol. The molecule has 3 nitrogen and oxygen atoms in total. The van der Waals surface area contributed by atoms with E-state index in [1.165, 1.54) is 7.05 Å². The molecule has 19 heavy (non-hydrogen) atoms. The summed E-state index contributed by atoms with van der Waals surface area (Å²) in [4.78, 5) is -0.504. The molecule has 0 N–H and O–H groups in total. The van der Waals surface area contributed by atoms with E-state index in [0.29, 0.717) is 18.5 Å². The molecule has 0 unspecified atom stereocenters. The van der Waals surface area contributed by atoms with Gasteiger partial charge in [0.1, 0.15) is 16.5 Å². The fourth-order valence-electron chi connectivity index (χ4n) is 2.07. The molecule has 0 spiro atoms. The van der Waals surface area contributed by atoms with Gasteiger partial charge in [0, 0.05) is 24.1 Å². The molecule has 1 aromatic rings. The van der Waals surface area contributed by atoms with Gasteiger partial charge >= 0.3 is 0 Å². The van der Waals surface area contributed by atoms with Crippen molar-refractivity contribution in [2.75, 3.05) is 13.6 Å². The number of rotatable bonds is 4. The lowest BCUT2D eigenvalue weighted by Gasteiger charge is -2.29. The number of halogens is 3. The van der Waals surface area contributed by atoms with E-state index in [2.05, 4.69) is 15.9 Å². The molecule has 0 heterocycles. The van der Waals surface area contributed by atoms with Crippen molar-refractivity contribution in [1.29, 1.82) is 0 Å². The maximum absolute atomic E-state index is 13.7. The highest BCUT2D eigenvalue weighted by molar-refractivity contribution is 9.10. The van der Waals surface area contributed by atoms with Gasteiger partial charge in [0.2, 0.25) is 10.0 Å². The van der Waals surface area contributed by atoms with Crippen LogP contribution in [0.2, 0.25) is 0 Å². The molecule has 1 aliphatic carbocycles. The van der Waals surface area contributed by atoms with E-state index in [4.69, 9.17) is 0 Å². The topological polar surface area (TPSA) is 37.4 Å². The monoisotopic (exact) mass is 353 g/mol. The van der Waals surface area contributed by atoms with Gasteiger partial charge in [0.05, 0.1) is 0 Å². The number of hydrogen-bond donors (Lipinski definition) is 0. The molecule has 2 rings (SSSR count). The summed E-state index contributed by atoms with van der Waals surface area (Å²) < 4.78 is 52.4. The second-order valence-corrected chi connectivity index (χ2v) is 7.62. The zero-order chi connectivity index (χ0) is 14.2. The van der Waals surface area contributed by atoms with Crippen LogP contribution < -0.4 is 0 Å². The lowest BCUT2D eigenvalue weighted by molar-refractivity contribution is 0.262. The molecule has 0 atom stereocenters. The fourth-order valence-corrected chi connectivity index (χ4v) is 4.42. The van der Waals surface area contributed by atoms with Gasteiger partial charge in [-0.25, -0.2) is 21.5 Å². The third kappa shape index (κ3) is 2.98. The largest absolute Gasteiger partial charge is 0.246 e. The summed E-state index contributed by atoms with van der Waals surface area (Å²) in [6, 6.07) is 1.53. The molecule has 1 saturated carbocycles. The third-order valence-corrected chi connectivity index (χ3v) is 6.16. The average Bonchev–Trinajstić information content (AvgIpc) is 2.20. The van der Waals surface area contributed by atoms with E-state index in [1.807, 2.05) is 0 Å². The summed E-state index contributed by atoms with van der Waals surface area (Å²) in [7, 11) is -2.52. The van der Waals surface area contributed by atoms with Crippen molar-refractivity contribution in [2.45, 2.75) is 24.2 Å². The Kier molecular flexibility index (Phi) is 4.27. The van der Waals surface area contributed by atoms with E-state index in [9.17, 15) is 17.2 Å². The molecule has 0 aromatic heterocycles. The minimum Gasteiger partial charge on any atom is -0.207 e. The van der Waals surface area contributed by atoms with E-state index in [0.717, 1.165) is 29.6 Å². The Bertz CT molecular complexity index is 564. The van der Waals surface area contributed by atoms with Crippen molar-refractivity contribution in [3.05, 3.63) is 28.2 Å². The van der Waals surface area contributed by atoms with Crippen LogP contribution in [0.4, 0.5) is 8.78 Å². The second-order valence-electron chi connectivity index (χ2n) is 4.78. The van der Waals surface area contributed by atoms with Gasteiger partial charge in [-0.1, -0.05) is 6.42 Å². The predicted molar refractivity (Wildman–Crippen MR) is 71.2 cm³/mol. The second kappa shape index (κ2) is 5.46. The molecule has 1 fully saturated rings. The third-order valence-electron chi connectivity index (χ3n) is 3.37. The molecule has 7 heteroatoms. The van der Waals surface area contributed by atoms with Crippen LogP contribution in [0.15, 0.2) is 21.5 Å². The maximum atomic E-state index is 13.7. The van der Waals surface area contributed by atoms with Gasteiger partial charge in [-0.3, -0.25) is 0 Å². The van der Waals surface area contributed by atoms with Crippen LogP contribution >= 0.6 is 15.9 Å². The Morgan fingerprint density at radius 3 is 2.47 bits per heavy atom. The van der Waals surface area contributed by atoms with E-state index in [1.54, 1.807) is 0 Å². The van der Waals surface area contributed by atoms with E-state index >= 15 is 0 Å². The van der Waals surface area contributed by atoms with Gasteiger partial charge in [-0.15, -0.1) is 0 Å². The summed E-state index contributed by atoms with van der Waals surface area (Å²) in [5, 5.41) is 0. The van der Waals surface area contributed by atoms with Crippen LogP contribution in [0.1, 0.15) is 19.3 Å². The van der Waals surface area contributed by atoms with Crippen molar-refractivity contribution < 1.29 is 17.2 Å². The highest BCUT2D eigenvalue weighted by Gasteiger charge is 2.30. The summed E-state index contributed by atoms with van der Waals surface area (Å²) in [6.07, 6.45) is 3.09. The van der Waals surface area contributed by atoms with Crippen LogP contribution in [-0.2, 0) is 10.0 Å². The molecule has 0 aliphatic heterocycles. The van der Waals surface area contributed by atoms with Gasteiger partial charge in [-0.05, 0) is 40.8 Å². The highest BCUT2D eigenvalue weighted by atomic mass is 79.9. The standard InChI is InChI=1S/C12H14BrF2NO2S/c1-16(7-8-3-2-4-8)19(17,18)12-10(13)5-9(14)6-11(12)15/h5-6,8H,2-4,7H2,1H3. The van der Waals surface area contributed by atoms with Crippen molar-refractivity contribution in [2.24, 2.45) is 5.92 Å². The first-order valence-electron chi connectivity index (χ1n) is 5.93. The zero-order valence-electron chi connectivity index (χ0n) is 10.4. The SMILES string of the molecule is CN(CC1CCC1)S(=O)(=O)c1c(F)cc(F)cc1Br. The molecule has 1 aliphatic rings. The lowest BCUT2D eigenvalue weighted by atomic mass is 9.86. The average molecular weight is 354 g/mol. The summed E-state index contributed by atoms with van der Waals surface area (Å²) in [6.45, 7) is 0.367. The van der Waals surface area contributed by atoms with E-state index < -0.39 is 26.6 Å². The smallest absolute Gasteiger partial charge is 0.207 e. The Balaban J connectivity index is 2.33. The predicted octanol–water partition coefficient (Wildman–Crippen LogP) is 3.15. The molecule has 0 bridgehead atoms. The van der Waals surface area contributed by atoms with E-state index in [-0.39, 0.29) is 4.47 Å². The first-order chi connectivity index (χ1) is 8.82. The normalized spacial score (nSPS) is 16.7. The fraction of sp³-hybridized carbons (Fsp3) is 0.500. The summed E-state index contributed by atoms with van der Waals surface area (Å²) in [5.41, 5.74) is 0. The van der Waals surface area contributed by atoms with Gasteiger partial charge < -0.3 is 0 Å². The molecule has 0 saturated heterocycles. The Morgan fingerprint density at radius 2 is 2.00 bits per heavy atom. The molecular formula is C12H14BrF2NO2S. The Hall–Kier alpha value is -0.530. The first-order valence-corrected chi connectivity index (χ1v) is 8.16. The minimum atomic E-state index is -3.94. The maximum Gasteiger partial charge on any atom is 0.246 e. The van der Waals surface area contributed by atoms with Crippen LogP contribution in [0.25, 0.3) is 0 Å². The summed E-state index contributed by atoms with van der Waals surface area (Å²) in [5.74, 6) is -1.56. The quantitative estimate of drug-likeness (QED) is 0.833. The van der Waals surface area contributed by atoms with Crippen LogP contribution in [0.3, 0.4) is 0 Å². The highest BCUT2D eigenvalue weighted by Crippen LogP contribution is 2.31. The lowest BCUT2D eigenvalue weighted by Crippen LogP contribution is -2.34. The van der Waals surface area contributed by atoms with Gasteiger partial charge in [-0.2, -0.15) is 0 Å².